The molecular formula is C16H24N2O. The van der Waals surface area contributed by atoms with Gasteiger partial charge in [-0.25, -0.2) is 0 Å². The van der Waals surface area contributed by atoms with Crippen molar-refractivity contribution < 1.29 is 4.79 Å². The van der Waals surface area contributed by atoms with E-state index in [9.17, 15) is 10.1 Å². The molecule has 4 fully saturated rings. The van der Waals surface area contributed by atoms with Gasteiger partial charge in [0.25, 0.3) is 0 Å². The van der Waals surface area contributed by atoms with E-state index < -0.39 is 5.92 Å². The van der Waals surface area contributed by atoms with Crippen molar-refractivity contribution in [3.8, 4) is 6.07 Å². The molecule has 4 saturated carbocycles. The molecular weight excluding hydrogens is 236 g/mol. The van der Waals surface area contributed by atoms with Gasteiger partial charge in [-0.1, -0.05) is 0 Å². The fraction of sp³-hybridized carbons (Fsp3) is 0.875. The predicted molar refractivity (Wildman–Crippen MR) is 72.9 cm³/mol. The van der Waals surface area contributed by atoms with Crippen LogP contribution in [-0.4, -0.2) is 24.9 Å². The number of carbonyl (C=O) groups excluding carboxylic acids is 1. The Morgan fingerprint density at radius 2 is 1.68 bits per heavy atom. The van der Waals surface area contributed by atoms with Crippen LogP contribution >= 0.6 is 0 Å². The molecule has 0 radical (unpaired) electrons. The first-order chi connectivity index (χ1) is 9.08. The van der Waals surface area contributed by atoms with Crippen LogP contribution in [0, 0.1) is 46.8 Å². The minimum atomic E-state index is -0.419. The lowest BCUT2D eigenvalue weighted by molar-refractivity contribution is -0.133. The molecule has 0 saturated heterocycles. The highest BCUT2D eigenvalue weighted by Crippen LogP contribution is 2.57. The first kappa shape index (κ1) is 13.0. The van der Waals surface area contributed by atoms with Crippen LogP contribution in [0.3, 0.4) is 0 Å². The molecule has 19 heavy (non-hydrogen) atoms. The predicted octanol–water partition coefficient (Wildman–Crippen LogP) is 2.68. The Balaban J connectivity index is 1.70. The molecule has 3 heteroatoms. The summed E-state index contributed by atoms with van der Waals surface area (Å²) in [5.41, 5.74) is 0. The second-order valence-corrected chi connectivity index (χ2v) is 7.24. The van der Waals surface area contributed by atoms with Crippen molar-refractivity contribution in [3.05, 3.63) is 0 Å². The first-order valence-corrected chi connectivity index (χ1v) is 7.69. The third-order valence-electron chi connectivity index (χ3n) is 5.82. The maximum Gasteiger partial charge on any atom is 0.239 e. The van der Waals surface area contributed by atoms with E-state index in [0.29, 0.717) is 5.92 Å². The van der Waals surface area contributed by atoms with Crippen LogP contribution in [0.1, 0.15) is 38.5 Å². The highest BCUT2D eigenvalue weighted by Gasteiger charge is 2.48. The lowest BCUT2D eigenvalue weighted by Gasteiger charge is -2.54. The Kier molecular flexibility index (Phi) is 3.28. The average Bonchev–Trinajstić information content (AvgIpc) is 2.36. The van der Waals surface area contributed by atoms with Crippen molar-refractivity contribution in [1.82, 2.24) is 4.90 Å². The van der Waals surface area contributed by atoms with Gasteiger partial charge in [0.1, 0.15) is 5.92 Å². The van der Waals surface area contributed by atoms with Crippen LogP contribution < -0.4 is 0 Å². The van der Waals surface area contributed by atoms with Crippen molar-refractivity contribution in [2.45, 2.75) is 38.5 Å². The van der Waals surface area contributed by atoms with Crippen molar-refractivity contribution in [2.24, 2.45) is 35.5 Å². The standard InChI is InChI=1S/C16H24N2O/c1-18(2)16(19)14(9-17)8-15-12-4-10-3-11(6-12)7-13(15)5-10/h10-15H,3-8H2,1-2H3. The van der Waals surface area contributed by atoms with Crippen molar-refractivity contribution in [2.75, 3.05) is 14.1 Å². The van der Waals surface area contributed by atoms with Gasteiger partial charge < -0.3 is 4.90 Å². The lowest BCUT2D eigenvalue weighted by Crippen LogP contribution is -2.46. The van der Waals surface area contributed by atoms with Crippen LogP contribution in [0.4, 0.5) is 0 Å². The number of rotatable bonds is 3. The van der Waals surface area contributed by atoms with Crippen LogP contribution in [0.25, 0.3) is 0 Å². The summed E-state index contributed by atoms with van der Waals surface area (Å²) in [6.45, 7) is 0. The molecule has 4 rings (SSSR count). The maximum atomic E-state index is 12.0. The molecule has 104 valence electrons. The molecule has 1 amide bonds. The summed E-state index contributed by atoms with van der Waals surface area (Å²) in [6, 6.07) is 2.25. The zero-order chi connectivity index (χ0) is 13.6. The third-order valence-corrected chi connectivity index (χ3v) is 5.82. The minimum absolute atomic E-state index is 0.00342. The van der Waals surface area contributed by atoms with Crippen LogP contribution in [0.2, 0.25) is 0 Å². The second kappa shape index (κ2) is 4.81. The molecule has 0 N–H and O–H groups in total. The van der Waals surface area contributed by atoms with Gasteiger partial charge in [0.2, 0.25) is 5.91 Å². The second-order valence-electron chi connectivity index (χ2n) is 7.24. The molecule has 0 aliphatic heterocycles. The van der Waals surface area contributed by atoms with E-state index in [2.05, 4.69) is 6.07 Å². The molecule has 3 nitrogen and oxygen atoms in total. The van der Waals surface area contributed by atoms with E-state index in [1.807, 2.05) is 0 Å². The third kappa shape index (κ3) is 2.26. The number of amides is 1. The Morgan fingerprint density at radius 1 is 1.16 bits per heavy atom. The molecule has 1 unspecified atom stereocenters. The highest BCUT2D eigenvalue weighted by molar-refractivity contribution is 5.80. The Morgan fingerprint density at radius 3 is 2.11 bits per heavy atom. The molecule has 0 aromatic carbocycles. The van der Waals surface area contributed by atoms with Crippen molar-refractivity contribution in [3.63, 3.8) is 0 Å². The summed E-state index contributed by atoms with van der Waals surface area (Å²) in [7, 11) is 3.51. The molecule has 4 bridgehead atoms. The van der Waals surface area contributed by atoms with Gasteiger partial charge in [-0.05, 0) is 68.1 Å². The van der Waals surface area contributed by atoms with Gasteiger partial charge in [-0.15, -0.1) is 0 Å². The maximum absolute atomic E-state index is 12.0. The normalized spacial score (nSPS) is 40.8. The number of nitrogens with zero attached hydrogens (tertiary/aromatic N) is 2. The first-order valence-electron chi connectivity index (χ1n) is 7.69. The van der Waals surface area contributed by atoms with Crippen molar-refractivity contribution >= 4 is 5.91 Å². The lowest BCUT2D eigenvalue weighted by atomic mass is 9.51. The largest absolute Gasteiger partial charge is 0.348 e. The summed E-state index contributed by atoms with van der Waals surface area (Å²) >= 11 is 0. The minimum Gasteiger partial charge on any atom is -0.348 e. The smallest absolute Gasteiger partial charge is 0.239 e. The number of hydrogen-bond acceptors (Lipinski definition) is 2. The van der Waals surface area contributed by atoms with Crippen LogP contribution in [0.15, 0.2) is 0 Å². The fourth-order valence-corrected chi connectivity index (χ4v) is 5.22. The van der Waals surface area contributed by atoms with E-state index >= 15 is 0 Å². The van der Waals surface area contributed by atoms with Crippen molar-refractivity contribution in [1.29, 1.82) is 5.26 Å². The number of hydrogen-bond donors (Lipinski definition) is 0. The fourth-order valence-electron chi connectivity index (χ4n) is 5.22. The van der Waals surface area contributed by atoms with Gasteiger partial charge in [0, 0.05) is 14.1 Å². The van der Waals surface area contributed by atoms with Gasteiger partial charge in [0.15, 0.2) is 0 Å². The monoisotopic (exact) mass is 260 g/mol. The molecule has 4 aliphatic carbocycles. The average molecular weight is 260 g/mol. The quantitative estimate of drug-likeness (QED) is 0.783. The topological polar surface area (TPSA) is 44.1 Å². The van der Waals surface area contributed by atoms with E-state index in [4.69, 9.17) is 0 Å². The van der Waals surface area contributed by atoms with Gasteiger partial charge in [-0.3, -0.25) is 4.79 Å². The van der Waals surface area contributed by atoms with Crippen LogP contribution in [-0.2, 0) is 4.79 Å². The summed E-state index contributed by atoms with van der Waals surface area (Å²) in [4.78, 5) is 13.6. The van der Waals surface area contributed by atoms with E-state index in [-0.39, 0.29) is 5.91 Å². The number of carbonyl (C=O) groups is 1. The summed E-state index contributed by atoms with van der Waals surface area (Å²) in [5, 5.41) is 9.30. The molecule has 0 aromatic rings. The summed E-state index contributed by atoms with van der Waals surface area (Å²) in [5.74, 6) is 3.76. The molecule has 0 spiro atoms. The molecule has 1 atom stereocenters. The Hall–Kier alpha value is -1.04. The Labute approximate surface area is 116 Å². The van der Waals surface area contributed by atoms with E-state index in [1.54, 1.807) is 19.0 Å². The summed E-state index contributed by atoms with van der Waals surface area (Å²) < 4.78 is 0. The summed E-state index contributed by atoms with van der Waals surface area (Å²) in [6.07, 6.45) is 7.73. The highest BCUT2D eigenvalue weighted by atomic mass is 16.2. The zero-order valence-electron chi connectivity index (χ0n) is 12.0. The van der Waals surface area contributed by atoms with E-state index in [1.165, 1.54) is 32.1 Å². The van der Waals surface area contributed by atoms with E-state index in [0.717, 1.165) is 30.1 Å². The molecule has 0 heterocycles. The van der Waals surface area contributed by atoms with Crippen LogP contribution in [0.5, 0.6) is 0 Å². The van der Waals surface area contributed by atoms with Gasteiger partial charge >= 0.3 is 0 Å². The molecule has 4 aliphatic rings. The SMILES string of the molecule is CN(C)C(=O)C(C#N)CC1C2CC3CC(C2)CC1C3. The van der Waals surface area contributed by atoms with Gasteiger partial charge in [0.05, 0.1) is 6.07 Å². The molecule has 0 aromatic heterocycles. The number of nitriles is 1. The zero-order valence-corrected chi connectivity index (χ0v) is 12.0. The Bertz CT molecular complexity index is 381. The van der Waals surface area contributed by atoms with Gasteiger partial charge in [-0.2, -0.15) is 5.26 Å².